The van der Waals surface area contributed by atoms with Gasteiger partial charge in [0.15, 0.2) is 0 Å². The number of benzene rings is 1. The molecule has 1 aromatic carbocycles. The topological polar surface area (TPSA) is 35.2 Å². The number of hydrogen-bond donors (Lipinski definition) is 1. The van der Waals surface area contributed by atoms with E-state index in [1.165, 1.54) is 19.3 Å². The predicted molar refractivity (Wildman–Crippen MR) is 60.3 cm³/mol. The van der Waals surface area contributed by atoms with Crippen LogP contribution in [0.1, 0.15) is 24.8 Å². The summed E-state index contributed by atoms with van der Waals surface area (Å²) in [4.78, 5) is 0. The molecule has 1 aliphatic carbocycles. The predicted octanol–water partition coefficient (Wildman–Crippen LogP) is 2.84. The quantitative estimate of drug-likeness (QED) is 0.902. The molecule has 0 aromatic heterocycles. The molecule has 0 saturated heterocycles. The van der Waals surface area contributed by atoms with Gasteiger partial charge < -0.3 is 10.5 Å². The van der Waals surface area contributed by atoms with E-state index in [2.05, 4.69) is 15.9 Å². The van der Waals surface area contributed by atoms with Gasteiger partial charge in [0, 0.05) is 11.0 Å². The normalized spacial score (nSPS) is 16.4. The molecule has 1 aliphatic rings. The van der Waals surface area contributed by atoms with Gasteiger partial charge >= 0.3 is 0 Å². The van der Waals surface area contributed by atoms with Gasteiger partial charge in [-0.2, -0.15) is 0 Å². The van der Waals surface area contributed by atoms with Crippen molar-refractivity contribution in [2.75, 3.05) is 0 Å². The number of halogens is 1. The zero-order valence-electron chi connectivity index (χ0n) is 8.00. The van der Waals surface area contributed by atoms with Gasteiger partial charge in [0.2, 0.25) is 0 Å². The van der Waals surface area contributed by atoms with Crippen LogP contribution in [-0.2, 0) is 6.54 Å². The first-order valence-electron chi connectivity index (χ1n) is 4.95. The Balaban J connectivity index is 2.07. The van der Waals surface area contributed by atoms with Crippen LogP contribution in [-0.4, -0.2) is 6.10 Å². The zero-order chi connectivity index (χ0) is 9.97. The molecule has 2 rings (SSSR count). The highest BCUT2D eigenvalue weighted by Gasteiger charge is 2.19. The van der Waals surface area contributed by atoms with Crippen molar-refractivity contribution in [1.82, 2.24) is 0 Å². The standard InChI is InChI=1S/C11H14BrNO/c12-11-6-10(5-4-8(11)7-13)14-9-2-1-3-9/h4-6,9H,1-3,7,13H2. The first kappa shape index (κ1) is 9.99. The van der Waals surface area contributed by atoms with Crippen molar-refractivity contribution in [3.05, 3.63) is 28.2 Å². The average molecular weight is 256 g/mol. The monoisotopic (exact) mass is 255 g/mol. The van der Waals surface area contributed by atoms with Gasteiger partial charge in [0.25, 0.3) is 0 Å². The Morgan fingerprint density at radius 3 is 2.71 bits per heavy atom. The Morgan fingerprint density at radius 2 is 2.21 bits per heavy atom. The lowest BCUT2D eigenvalue weighted by atomic mass is 9.96. The third-order valence-electron chi connectivity index (χ3n) is 2.60. The summed E-state index contributed by atoms with van der Waals surface area (Å²) in [5, 5.41) is 0. The fourth-order valence-electron chi connectivity index (χ4n) is 1.45. The minimum Gasteiger partial charge on any atom is -0.490 e. The van der Waals surface area contributed by atoms with Crippen molar-refractivity contribution in [2.45, 2.75) is 31.9 Å². The summed E-state index contributed by atoms with van der Waals surface area (Å²) in [6.07, 6.45) is 4.12. The van der Waals surface area contributed by atoms with Crippen LogP contribution in [0.3, 0.4) is 0 Å². The van der Waals surface area contributed by atoms with Gasteiger partial charge in [-0.1, -0.05) is 22.0 Å². The number of rotatable bonds is 3. The maximum Gasteiger partial charge on any atom is 0.120 e. The third kappa shape index (κ3) is 2.10. The summed E-state index contributed by atoms with van der Waals surface area (Å²) in [6.45, 7) is 0.560. The second kappa shape index (κ2) is 4.32. The minimum atomic E-state index is 0.436. The summed E-state index contributed by atoms with van der Waals surface area (Å²) < 4.78 is 6.80. The van der Waals surface area contributed by atoms with E-state index in [0.717, 1.165) is 15.8 Å². The molecule has 0 radical (unpaired) electrons. The van der Waals surface area contributed by atoms with Gasteiger partial charge in [-0.3, -0.25) is 0 Å². The Labute approximate surface area is 92.6 Å². The van der Waals surface area contributed by atoms with Gasteiger partial charge in [0.1, 0.15) is 5.75 Å². The third-order valence-corrected chi connectivity index (χ3v) is 3.34. The summed E-state index contributed by atoms with van der Waals surface area (Å²) in [6, 6.07) is 6.00. The lowest BCUT2D eigenvalue weighted by Gasteiger charge is -2.26. The van der Waals surface area contributed by atoms with Crippen molar-refractivity contribution < 1.29 is 4.74 Å². The van der Waals surface area contributed by atoms with Crippen LogP contribution in [0, 0.1) is 0 Å². The Hall–Kier alpha value is -0.540. The highest BCUT2D eigenvalue weighted by atomic mass is 79.9. The van der Waals surface area contributed by atoms with E-state index in [0.29, 0.717) is 12.6 Å². The molecule has 0 unspecified atom stereocenters. The summed E-state index contributed by atoms with van der Waals surface area (Å²) in [5.74, 6) is 0.943. The SMILES string of the molecule is NCc1ccc(OC2CCC2)cc1Br. The van der Waals surface area contributed by atoms with Crippen LogP contribution in [0.2, 0.25) is 0 Å². The summed E-state index contributed by atoms with van der Waals surface area (Å²) in [5.41, 5.74) is 6.69. The molecule has 0 atom stereocenters. The van der Waals surface area contributed by atoms with Crippen LogP contribution < -0.4 is 10.5 Å². The van der Waals surface area contributed by atoms with E-state index in [1.54, 1.807) is 0 Å². The fraction of sp³-hybridized carbons (Fsp3) is 0.455. The van der Waals surface area contributed by atoms with Crippen molar-refractivity contribution in [3.8, 4) is 5.75 Å². The van der Waals surface area contributed by atoms with Crippen LogP contribution in [0.4, 0.5) is 0 Å². The van der Waals surface area contributed by atoms with Crippen LogP contribution in [0.25, 0.3) is 0 Å². The summed E-state index contributed by atoms with van der Waals surface area (Å²) in [7, 11) is 0. The molecule has 2 N–H and O–H groups in total. The first-order chi connectivity index (χ1) is 6.79. The average Bonchev–Trinajstić information content (AvgIpc) is 2.12. The molecule has 0 bridgehead atoms. The molecule has 0 aliphatic heterocycles. The molecule has 14 heavy (non-hydrogen) atoms. The zero-order valence-corrected chi connectivity index (χ0v) is 9.59. The van der Waals surface area contributed by atoms with Crippen LogP contribution >= 0.6 is 15.9 Å². The van der Waals surface area contributed by atoms with E-state index in [9.17, 15) is 0 Å². The molecule has 0 spiro atoms. The number of ether oxygens (including phenoxy) is 1. The Morgan fingerprint density at radius 1 is 1.43 bits per heavy atom. The molecule has 0 heterocycles. The molecular formula is C11H14BrNO. The largest absolute Gasteiger partial charge is 0.490 e. The highest BCUT2D eigenvalue weighted by molar-refractivity contribution is 9.10. The molecular weight excluding hydrogens is 242 g/mol. The van der Waals surface area contributed by atoms with E-state index in [-0.39, 0.29) is 0 Å². The second-order valence-electron chi connectivity index (χ2n) is 3.63. The molecule has 76 valence electrons. The van der Waals surface area contributed by atoms with Crippen molar-refractivity contribution in [1.29, 1.82) is 0 Å². The van der Waals surface area contributed by atoms with Gasteiger partial charge in [-0.15, -0.1) is 0 Å². The van der Waals surface area contributed by atoms with Gasteiger partial charge in [0.05, 0.1) is 6.10 Å². The summed E-state index contributed by atoms with van der Waals surface area (Å²) >= 11 is 3.48. The maximum absolute atomic E-state index is 5.76. The highest BCUT2D eigenvalue weighted by Crippen LogP contribution is 2.28. The van der Waals surface area contributed by atoms with E-state index in [4.69, 9.17) is 10.5 Å². The molecule has 0 amide bonds. The van der Waals surface area contributed by atoms with E-state index in [1.807, 2.05) is 18.2 Å². The van der Waals surface area contributed by atoms with E-state index < -0.39 is 0 Å². The van der Waals surface area contributed by atoms with Gasteiger partial charge in [-0.25, -0.2) is 0 Å². The van der Waals surface area contributed by atoms with Crippen LogP contribution in [0.15, 0.2) is 22.7 Å². The maximum atomic E-state index is 5.76. The van der Waals surface area contributed by atoms with Crippen molar-refractivity contribution in [2.24, 2.45) is 5.73 Å². The number of nitrogens with two attached hydrogens (primary N) is 1. The Kier molecular flexibility index (Phi) is 3.08. The smallest absolute Gasteiger partial charge is 0.120 e. The minimum absolute atomic E-state index is 0.436. The lowest BCUT2D eigenvalue weighted by molar-refractivity contribution is 0.120. The molecule has 2 nitrogen and oxygen atoms in total. The lowest BCUT2D eigenvalue weighted by Crippen LogP contribution is -2.24. The van der Waals surface area contributed by atoms with Crippen molar-refractivity contribution in [3.63, 3.8) is 0 Å². The molecule has 3 heteroatoms. The van der Waals surface area contributed by atoms with Gasteiger partial charge in [-0.05, 0) is 37.0 Å². The molecule has 1 fully saturated rings. The van der Waals surface area contributed by atoms with Crippen molar-refractivity contribution >= 4 is 15.9 Å². The first-order valence-corrected chi connectivity index (χ1v) is 5.74. The van der Waals surface area contributed by atoms with E-state index >= 15 is 0 Å². The number of hydrogen-bond acceptors (Lipinski definition) is 2. The Bertz CT molecular complexity index is 323. The molecule has 1 saturated carbocycles. The molecule has 1 aromatic rings. The fourth-order valence-corrected chi connectivity index (χ4v) is 1.97. The second-order valence-corrected chi connectivity index (χ2v) is 4.48. The van der Waals surface area contributed by atoms with Crippen LogP contribution in [0.5, 0.6) is 5.75 Å².